The summed E-state index contributed by atoms with van der Waals surface area (Å²) in [5.41, 5.74) is 0.727. The Hall–Kier alpha value is -1.44. The maximum Gasteiger partial charge on any atom is 0.243 e. The Bertz CT molecular complexity index is 683. The Morgan fingerprint density at radius 3 is 2.48 bits per heavy atom. The molecule has 0 radical (unpaired) electrons. The van der Waals surface area contributed by atoms with Crippen LogP contribution in [0.5, 0.6) is 0 Å². The van der Waals surface area contributed by atoms with Crippen LogP contribution in [0.25, 0.3) is 0 Å². The number of piperazine rings is 1. The second-order valence-corrected chi connectivity index (χ2v) is 8.81. The van der Waals surface area contributed by atoms with Crippen LogP contribution in [0.2, 0.25) is 0 Å². The molecule has 0 aromatic heterocycles. The van der Waals surface area contributed by atoms with E-state index in [-0.39, 0.29) is 24.8 Å². The number of nitrogens with one attached hydrogen (secondary N) is 1. The number of benzene rings is 1. The molecule has 0 aliphatic carbocycles. The largest absolute Gasteiger partial charge is 0.340 e. The smallest absolute Gasteiger partial charge is 0.243 e. The quantitative estimate of drug-likeness (QED) is 0.792. The van der Waals surface area contributed by atoms with Crippen LogP contribution in [-0.4, -0.2) is 62.8 Å². The molecule has 0 saturated carbocycles. The van der Waals surface area contributed by atoms with E-state index >= 15 is 0 Å². The van der Waals surface area contributed by atoms with Gasteiger partial charge in [0.05, 0.1) is 4.90 Å². The van der Waals surface area contributed by atoms with E-state index < -0.39 is 10.0 Å². The third kappa shape index (κ3) is 5.26. The summed E-state index contributed by atoms with van der Waals surface area (Å²) in [5, 5.41) is 3.21. The predicted octanol–water partition coefficient (Wildman–Crippen LogP) is 1.46. The molecule has 1 aliphatic heterocycles. The maximum atomic E-state index is 13.1. The topological polar surface area (TPSA) is 69.7 Å². The molecule has 140 valence electrons. The molecule has 1 aromatic rings. The van der Waals surface area contributed by atoms with Crippen LogP contribution in [-0.2, 0) is 14.8 Å². The molecule has 0 unspecified atom stereocenters. The zero-order valence-corrected chi connectivity index (χ0v) is 16.2. The molecular formula is C18H29N3O3S. The molecule has 1 heterocycles. The second-order valence-electron chi connectivity index (χ2n) is 6.90. The number of amides is 1. The Kier molecular flexibility index (Phi) is 6.98. The van der Waals surface area contributed by atoms with Crippen LogP contribution in [0, 0.1) is 12.8 Å². The Morgan fingerprint density at radius 2 is 1.88 bits per heavy atom. The number of hydrogen-bond donors (Lipinski definition) is 1. The zero-order valence-electron chi connectivity index (χ0n) is 15.4. The highest BCUT2D eigenvalue weighted by Crippen LogP contribution is 2.21. The average Bonchev–Trinajstić information content (AvgIpc) is 2.59. The molecular weight excluding hydrogens is 338 g/mol. The lowest BCUT2D eigenvalue weighted by atomic mass is 10.2. The van der Waals surface area contributed by atoms with Crippen molar-refractivity contribution >= 4 is 15.9 Å². The third-order valence-electron chi connectivity index (χ3n) is 4.32. The summed E-state index contributed by atoms with van der Waals surface area (Å²) in [7, 11) is -3.60. The van der Waals surface area contributed by atoms with Gasteiger partial charge in [-0.3, -0.25) is 4.79 Å². The number of hydrogen-bond acceptors (Lipinski definition) is 4. The van der Waals surface area contributed by atoms with E-state index in [4.69, 9.17) is 0 Å². The first-order valence-corrected chi connectivity index (χ1v) is 10.3. The van der Waals surface area contributed by atoms with Crippen LogP contribution in [0.1, 0.15) is 25.8 Å². The normalized spacial score (nSPS) is 15.8. The van der Waals surface area contributed by atoms with E-state index in [1.807, 2.05) is 24.8 Å². The number of nitrogens with zero attached hydrogens (tertiary/aromatic N) is 2. The zero-order chi connectivity index (χ0) is 18.4. The van der Waals surface area contributed by atoms with Gasteiger partial charge in [0, 0.05) is 45.7 Å². The number of carbonyl (C=O) groups excluding carboxylic acids is 1. The number of sulfonamides is 1. The number of aryl methyl sites for hydroxylation is 1. The maximum absolute atomic E-state index is 13.1. The van der Waals surface area contributed by atoms with Crippen LogP contribution in [0.15, 0.2) is 29.2 Å². The van der Waals surface area contributed by atoms with Gasteiger partial charge in [-0.1, -0.05) is 32.0 Å². The van der Waals surface area contributed by atoms with E-state index in [1.165, 1.54) is 4.31 Å². The van der Waals surface area contributed by atoms with Gasteiger partial charge in [-0.25, -0.2) is 8.42 Å². The minimum Gasteiger partial charge on any atom is -0.340 e. The number of rotatable bonds is 7. The third-order valence-corrected chi connectivity index (χ3v) is 6.35. The molecule has 7 heteroatoms. The van der Waals surface area contributed by atoms with Gasteiger partial charge in [0.1, 0.15) is 0 Å². The first-order chi connectivity index (χ1) is 11.8. The van der Waals surface area contributed by atoms with Crippen molar-refractivity contribution in [3.05, 3.63) is 29.8 Å². The number of carbonyl (C=O) groups is 1. The Morgan fingerprint density at radius 1 is 1.24 bits per heavy atom. The van der Waals surface area contributed by atoms with Gasteiger partial charge in [-0.2, -0.15) is 4.31 Å². The van der Waals surface area contributed by atoms with Gasteiger partial charge in [0.25, 0.3) is 0 Å². The molecule has 1 amide bonds. The van der Waals surface area contributed by atoms with Crippen molar-refractivity contribution in [2.24, 2.45) is 5.92 Å². The first-order valence-electron chi connectivity index (χ1n) is 8.86. The van der Waals surface area contributed by atoms with E-state index in [2.05, 4.69) is 5.32 Å². The summed E-state index contributed by atoms with van der Waals surface area (Å²) >= 11 is 0. The van der Waals surface area contributed by atoms with Crippen LogP contribution < -0.4 is 5.32 Å². The average molecular weight is 368 g/mol. The van der Waals surface area contributed by atoms with Crippen molar-refractivity contribution in [3.8, 4) is 0 Å². The minimum absolute atomic E-state index is 0.0234. The van der Waals surface area contributed by atoms with Crippen molar-refractivity contribution in [3.63, 3.8) is 0 Å². The Balaban J connectivity index is 2.12. The molecule has 1 aromatic carbocycles. The SMILES string of the molecule is Cc1ccccc1S(=O)(=O)N(CCC(=O)N1CCNCC1)CC(C)C. The van der Waals surface area contributed by atoms with Crippen molar-refractivity contribution in [1.29, 1.82) is 0 Å². The molecule has 2 rings (SSSR count). The standard InChI is InChI=1S/C18H29N3O3S/c1-15(2)14-21(11-8-18(22)20-12-9-19-10-13-20)25(23,24)17-7-5-4-6-16(17)3/h4-7,15,19H,8-14H2,1-3H3. The van der Waals surface area contributed by atoms with Gasteiger partial charge < -0.3 is 10.2 Å². The van der Waals surface area contributed by atoms with Gasteiger partial charge in [-0.15, -0.1) is 0 Å². The highest BCUT2D eigenvalue weighted by Gasteiger charge is 2.27. The van der Waals surface area contributed by atoms with Gasteiger partial charge in [-0.05, 0) is 24.5 Å². The monoisotopic (exact) mass is 367 g/mol. The molecule has 0 atom stereocenters. The van der Waals surface area contributed by atoms with E-state index in [0.717, 1.165) is 18.7 Å². The Labute approximate surface area is 151 Å². The van der Waals surface area contributed by atoms with Gasteiger partial charge >= 0.3 is 0 Å². The predicted molar refractivity (Wildman–Crippen MR) is 98.8 cm³/mol. The highest BCUT2D eigenvalue weighted by atomic mass is 32.2. The fourth-order valence-corrected chi connectivity index (χ4v) is 4.82. The molecule has 1 fully saturated rings. The molecule has 1 saturated heterocycles. The van der Waals surface area contributed by atoms with Gasteiger partial charge in [0.15, 0.2) is 0 Å². The van der Waals surface area contributed by atoms with Gasteiger partial charge in [0.2, 0.25) is 15.9 Å². The van der Waals surface area contributed by atoms with Crippen molar-refractivity contribution in [2.45, 2.75) is 32.1 Å². The van der Waals surface area contributed by atoms with Crippen molar-refractivity contribution in [2.75, 3.05) is 39.3 Å². The lowest BCUT2D eigenvalue weighted by Crippen LogP contribution is -2.47. The van der Waals surface area contributed by atoms with Crippen LogP contribution in [0.4, 0.5) is 0 Å². The van der Waals surface area contributed by atoms with Crippen LogP contribution >= 0.6 is 0 Å². The van der Waals surface area contributed by atoms with E-state index in [9.17, 15) is 13.2 Å². The minimum atomic E-state index is -3.60. The molecule has 1 N–H and O–H groups in total. The van der Waals surface area contributed by atoms with E-state index in [1.54, 1.807) is 25.1 Å². The molecule has 25 heavy (non-hydrogen) atoms. The highest BCUT2D eigenvalue weighted by molar-refractivity contribution is 7.89. The first kappa shape index (κ1) is 19.9. The summed E-state index contributed by atoms with van der Waals surface area (Å²) < 4.78 is 27.6. The van der Waals surface area contributed by atoms with E-state index in [0.29, 0.717) is 24.5 Å². The molecule has 0 bridgehead atoms. The fraction of sp³-hybridized carbons (Fsp3) is 0.611. The summed E-state index contributed by atoms with van der Waals surface area (Å²) in [6.45, 7) is 9.36. The second kappa shape index (κ2) is 8.78. The lowest BCUT2D eigenvalue weighted by Gasteiger charge is -2.29. The van der Waals surface area contributed by atoms with Crippen molar-refractivity contribution in [1.82, 2.24) is 14.5 Å². The summed E-state index contributed by atoms with van der Waals surface area (Å²) in [4.78, 5) is 14.5. The summed E-state index contributed by atoms with van der Waals surface area (Å²) in [5.74, 6) is 0.211. The molecule has 0 spiro atoms. The van der Waals surface area contributed by atoms with Crippen LogP contribution in [0.3, 0.4) is 0 Å². The molecule has 6 nitrogen and oxygen atoms in total. The summed E-state index contributed by atoms with van der Waals surface area (Å²) in [6.07, 6.45) is 0.220. The molecule has 1 aliphatic rings. The fourth-order valence-electron chi connectivity index (χ4n) is 2.99. The van der Waals surface area contributed by atoms with Crippen molar-refractivity contribution < 1.29 is 13.2 Å². The lowest BCUT2D eigenvalue weighted by molar-refractivity contribution is -0.131. The summed E-state index contributed by atoms with van der Waals surface area (Å²) in [6, 6.07) is 7.00.